The molecule has 0 N–H and O–H groups in total. The number of nitrogens with zero attached hydrogens (tertiary/aromatic N) is 2. The molecule has 2 amide bonds. The highest BCUT2D eigenvalue weighted by molar-refractivity contribution is 5.78. The summed E-state index contributed by atoms with van der Waals surface area (Å²) in [7, 11) is 0. The van der Waals surface area contributed by atoms with Crippen LogP contribution in [0.3, 0.4) is 0 Å². The molecule has 0 radical (unpaired) electrons. The van der Waals surface area contributed by atoms with Crippen molar-refractivity contribution in [3.8, 4) is 0 Å². The van der Waals surface area contributed by atoms with Crippen molar-refractivity contribution in [2.75, 3.05) is 19.6 Å². The molecular weight excluding hydrogens is 324 g/mol. The normalized spacial score (nSPS) is 23.5. The molecule has 152 valence electrons. The van der Waals surface area contributed by atoms with E-state index in [9.17, 15) is 9.59 Å². The number of rotatable bonds is 4. The van der Waals surface area contributed by atoms with Crippen LogP contribution in [-0.2, 0) is 9.59 Å². The smallest absolute Gasteiger partial charge is 0.225 e. The minimum absolute atomic E-state index is 0.155. The Bertz CT molecular complexity index is 445. The van der Waals surface area contributed by atoms with Gasteiger partial charge < -0.3 is 9.80 Å². The standard InChI is InChI=1S/C12H23NO.C10H19NO/c1-9(2)8-11-6-5-7-13(11)12(14)10(3)4;1-8(2)10(12)11-6-4-5-9(3)7-11/h9-11H,5-8H2,1-4H3;8-9H,4-7H2,1-3H3. The Balaban J connectivity index is 0.000000263. The SMILES string of the molecule is CC(C)CC1CCCN1C(=O)C(C)C.CC1CCCN(C(=O)C(C)C)C1. The molecule has 2 rings (SSSR count). The summed E-state index contributed by atoms with van der Waals surface area (Å²) in [5.41, 5.74) is 0. The first-order valence-electron chi connectivity index (χ1n) is 10.7. The monoisotopic (exact) mass is 366 g/mol. The van der Waals surface area contributed by atoms with E-state index in [-0.39, 0.29) is 11.8 Å². The van der Waals surface area contributed by atoms with Crippen LogP contribution in [0.1, 0.15) is 80.6 Å². The van der Waals surface area contributed by atoms with Crippen molar-refractivity contribution in [1.82, 2.24) is 9.80 Å². The second kappa shape index (κ2) is 10.9. The number of amides is 2. The molecule has 0 aromatic heterocycles. The number of hydrogen-bond acceptors (Lipinski definition) is 2. The lowest BCUT2D eigenvalue weighted by molar-refractivity contribution is -0.136. The zero-order chi connectivity index (χ0) is 19.9. The van der Waals surface area contributed by atoms with Gasteiger partial charge in [0.25, 0.3) is 0 Å². The van der Waals surface area contributed by atoms with Gasteiger partial charge in [0, 0.05) is 37.5 Å². The van der Waals surface area contributed by atoms with Gasteiger partial charge in [0.05, 0.1) is 0 Å². The first kappa shape index (κ1) is 23.0. The zero-order valence-electron chi connectivity index (χ0n) is 18.3. The average Bonchev–Trinajstić information content (AvgIpc) is 3.01. The van der Waals surface area contributed by atoms with Crippen molar-refractivity contribution in [2.24, 2.45) is 23.7 Å². The first-order chi connectivity index (χ1) is 12.1. The molecule has 0 aliphatic carbocycles. The topological polar surface area (TPSA) is 40.6 Å². The summed E-state index contributed by atoms with van der Waals surface area (Å²) < 4.78 is 0. The molecular formula is C22H42N2O2. The Kier molecular flexibility index (Phi) is 9.67. The van der Waals surface area contributed by atoms with Crippen LogP contribution >= 0.6 is 0 Å². The molecule has 4 nitrogen and oxygen atoms in total. The van der Waals surface area contributed by atoms with Gasteiger partial charge in [-0.1, -0.05) is 48.5 Å². The van der Waals surface area contributed by atoms with Crippen LogP contribution in [0.2, 0.25) is 0 Å². The molecule has 0 saturated carbocycles. The number of hydrogen-bond donors (Lipinski definition) is 0. The third-order valence-electron chi connectivity index (χ3n) is 5.36. The Hall–Kier alpha value is -1.06. The van der Waals surface area contributed by atoms with Gasteiger partial charge in [0.15, 0.2) is 0 Å². The van der Waals surface area contributed by atoms with Gasteiger partial charge in [0.2, 0.25) is 11.8 Å². The highest BCUT2D eigenvalue weighted by Crippen LogP contribution is 2.24. The lowest BCUT2D eigenvalue weighted by Gasteiger charge is -2.32. The molecule has 0 aromatic rings. The first-order valence-corrected chi connectivity index (χ1v) is 10.7. The van der Waals surface area contributed by atoms with E-state index in [1.165, 1.54) is 32.1 Å². The summed E-state index contributed by atoms with van der Waals surface area (Å²) in [4.78, 5) is 27.5. The largest absolute Gasteiger partial charge is 0.342 e. The molecule has 4 heteroatoms. The fourth-order valence-electron chi connectivity index (χ4n) is 4.00. The number of carbonyl (C=O) groups excluding carboxylic acids is 2. The molecule has 2 aliphatic rings. The summed E-state index contributed by atoms with van der Waals surface area (Å²) in [6.45, 7) is 17.5. The zero-order valence-corrected chi connectivity index (χ0v) is 18.3. The predicted molar refractivity (Wildman–Crippen MR) is 109 cm³/mol. The number of piperidine rings is 1. The third-order valence-corrected chi connectivity index (χ3v) is 5.36. The molecule has 2 aliphatic heterocycles. The molecule has 2 atom stereocenters. The second-order valence-corrected chi connectivity index (χ2v) is 9.30. The van der Waals surface area contributed by atoms with Gasteiger partial charge in [-0.3, -0.25) is 9.59 Å². The highest BCUT2D eigenvalue weighted by atomic mass is 16.2. The van der Waals surface area contributed by atoms with Gasteiger partial charge in [-0.25, -0.2) is 0 Å². The lowest BCUT2D eigenvalue weighted by atomic mass is 9.99. The van der Waals surface area contributed by atoms with Crippen molar-refractivity contribution >= 4 is 11.8 Å². The van der Waals surface area contributed by atoms with E-state index >= 15 is 0 Å². The number of carbonyl (C=O) groups is 2. The van der Waals surface area contributed by atoms with Crippen LogP contribution in [0.4, 0.5) is 0 Å². The molecule has 26 heavy (non-hydrogen) atoms. The van der Waals surface area contributed by atoms with E-state index in [1.54, 1.807) is 0 Å². The van der Waals surface area contributed by atoms with Crippen LogP contribution in [0, 0.1) is 23.7 Å². The van der Waals surface area contributed by atoms with Gasteiger partial charge in [-0.2, -0.15) is 0 Å². The second-order valence-electron chi connectivity index (χ2n) is 9.30. The van der Waals surface area contributed by atoms with Gasteiger partial charge in [0.1, 0.15) is 0 Å². The van der Waals surface area contributed by atoms with Gasteiger partial charge >= 0.3 is 0 Å². The van der Waals surface area contributed by atoms with Crippen molar-refractivity contribution < 1.29 is 9.59 Å². The van der Waals surface area contributed by atoms with Crippen molar-refractivity contribution in [2.45, 2.75) is 86.6 Å². The minimum Gasteiger partial charge on any atom is -0.342 e. The van der Waals surface area contributed by atoms with Crippen LogP contribution in [-0.4, -0.2) is 47.3 Å². The van der Waals surface area contributed by atoms with Crippen molar-refractivity contribution in [3.05, 3.63) is 0 Å². The predicted octanol–water partition coefficient (Wildman–Crippen LogP) is 4.58. The fourth-order valence-corrected chi connectivity index (χ4v) is 4.00. The summed E-state index contributed by atoms with van der Waals surface area (Å²) in [5, 5.41) is 0. The Morgan fingerprint density at radius 2 is 1.46 bits per heavy atom. The maximum atomic E-state index is 11.9. The highest BCUT2D eigenvalue weighted by Gasteiger charge is 2.30. The van der Waals surface area contributed by atoms with E-state index < -0.39 is 0 Å². The molecule has 2 unspecified atom stereocenters. The maximum absolute atomic E-state index is 11.9. The lowest BCUT2D eigenvalue weighted by Crippen LogP contribution is -2.41. The Morgan fingerprint density at radius 1 is 0.885 bits per heavy atom. The van der Waals surface area contributed by atoms with Crippen molar-refractivity contribution in [1.29, 1.82) is 0 Å². The Morgan fingerprint density at radius 3 is 1.96 bits per heavy atom. The van der Waals surface area contributed by atoms with Gasteiger partial charge in [-0.15, -0.1) is 0 Å². The molecule has 2 heterocycles. The van der Waals surface area contributed by atoms with Crippen LogP contribution < -0.4 is 0 Å². The van der Waals surface area contributed by atoms with Gasteiger partial charge in [-0.05, 0) is 43.9 Å². The van der Waals surface area contributed by atoms with Crippen molar-refractivity contribution in [3.63, 3.8) is 0 Å². The molecule has 0 bridgehead atoms. The van der Waals surface area contributed by atoms with Crippen LogP contribution in [0.5, 0.6) is 0 Å². The Labute approximate surface area is 161 Å². The summed E-state index contributed by atoms with van der Waals surface area (Å²) in [6, 6.07) is 0.518. The van der Waals surface area contributed by atoms with E-state index in [0.29, 0.717) is 29.7 Å². The maximum Gasteiger partial charge on any atom is 0.225 e. The van der Waals surface area contributed by atoms with E-state index in [4.69, 9.17) is 0 Å². The fraction of sp³-hybridized carbons (Fsp3) is 0.909. The van der Waals surface area contributed by atoms with Crippen LogP contribution in [0.25, 0.3) is 0 Å². The van der Waals surface area contributed by atoms with E-state index in [1.807, 2.05) is 32.6 Å². The average molecular weight is 367 g/mol. The number of likely N-dealkylation sites (tertiary alicyclic amines) is 2. The van der Waals surface area contributed by atoms with E-state index in [2.05, 4.69) is 25.7 Å². The summed E-state index contributed by atoms with van der Waals surface area (Å²) in [5.74, 6) is 2.37. The third kappa shape index (κ3) is 7.28. The van der Waals surface area contributed by atoms with E-state index in [0.717, 1.165) is 19.6 Å². The molecule has 0 spiro atoms. The molecule has 2 fully saturated rings. The van der Waals surface area contributed by atoms with Crippen LogP contribution in [0.15, 0.2) is 0 Å². The summed E-state index contributed by atoms with van der Waals surface area (Å²) in [6.07, 6.45) is 6.02. The molecule has 0 aromatic carbocycles. The molecule has 2 saturated heterocycles. The summed E-state index contributed by atoms with van der Waals surface area (Å²) >= 11 is 0. The quantitative estimate of drug-likeness (QED) is 0.730. The minimum atomic E-state index is 0.155.